The molecule has 0 saturated heterocycles. The Bertz CT molecular complexity index is 681. The number of rotatable bonds is 4. The van der Waals surface area contributed by atoms with Gasteiger partial charge in [-0.2, -0.15) is 0 Å². The monoisotopic (exact) mass is 298 g/mol. The third-order valence-electron chi connectivity index (χ3n) is 3.20. The molecule has 5 heteroatoms. The van der Waals surface area contributed by atoms with Gasteiger partial charge in [0.15, 0.2) is 0 Å². The molecule has 0 fully saturated rings. The Morgan fingerprint density at radius 2 is 1.77 bits per heavy atom. The number of hydrogen-bond donors (Lipinski definition) is 1. The van der Waals surface area contributed by atoms with Crippen LogP contribution in [0.5, 0.6) is 5.75 Å². The normalized spacial score (nSPS) is 9.95. The van der Waals surface area contributed by atoms with Crippen molar-refractivity contribution in [1.29, 1.82) is 0 Å². The van der Waals surface area contributed by atoms with Crippen LogP contribution in [0.25, 0.3) is 0 Å². The molecule has 0 unspecified atom stereocenters. The highest BCUT2D eigenvalue weighted by Crippen LogP contribution is 2.20. The molecular weight excluding hydrogens is 280 g/mol. The lowest BCUT2D eigenvalue weighted by Gasteiger charge is -2.18. The summed E-state index contributed by atoms with van der Waals surface area (Å²) in [5.74, 6) is 0.375. The molecular formula is C17H18N2O3. The van der Waals surface area contributed by atoms with Gasteiger partial charge >= 0.3 is 0 Å². The first-order valence-electron chi connectivity index (χ1n) is 6.81. The summed E-state index contributed by atoms with van der Waals surface area (Å²) in [6.07, 6.45) is 0. The second-order valence-electron chi connectivity index (χ2n) is 4.82. The molecule has 2 aromatic carbocycles. The number of nitrogens with one attached hydrogen (secondary N) is 1. The smallest absolute Gasteiger partial charge is 0.258 e. The average molecular weight is 298 g/mol. The fourth-order valence-corrected chi connectivity index (χ4v) is 2.04. The first-order valence-corrected chi connectivity index (χ1v) is 6.81. The second-order valence-corrected chi connectivity index (χ2v) is 4.82. The third kappa shape index (κ3) is 3.63. The highest BCUT2D eigenvalue weighted by molar-refractivity contribution is 6.06. The van der Waals surface area contributed by atoms with Crippen LogP contribution >= 0.6 is 0 Å². The molecule has 2 rings (SSSR count). The molecule has 0 atom stereocenters. The maximum atomic E-state index is 12.5. The van der Waals surface area contributed by atoms with Crippen molar-refractivity contribution in [2.45, 2.75) is 6.92 Å². The van der Waals surface area contributed by atoms with Gasteiger partial charge in [0, 0.05) is 30.9 Å². The molecule has 2 amide bonds. The number of hydrogen-bond acceptors (Lipinski definition) is 3. The van der Waals surface area contributed by atoms with Crippen LogP contribution in [0, 0.1) is 0 Å². The predicted molar refractivity (Wildman–Crippen MR) is 86.5 cm³/mol. The van der Waals surface area contributed by atoms with Crippen LogP contribution in [0.2, 0.25) is 0 Å². The van der Waals surface area contributed by atoms with Crippen molar-refractivity contribution in [2.24, 2.45) is 0 Å². The van der Waals surface area contributed by atoms with Crippen molar-refractivity contribution < 1.29 is 14.3 Å². The van der Waals surface area contributed by atoms with Crippen molar-refractivity contribution in [3.8, 4) is 5.75 Å². The Labute approximate surface area is 129 Å². The highest BCUT2D eigenvalue weighted by atomic mass is 16.5. The van der Waals surface area contributed by atoms with Crippen molar-refractivity contribution in [3.05, 3.63) is 54.1 Å². The first-order chi connectivity index (χ1) is 10.5. The number of methoxy groups -OCH3 is 1. The van der Waals surface area contributed by atoms with Gasteiger partial charge in [-0.3, -0.25) is 9.59 Å². The van der Waals surface area contributed by atoms with Crippen molar-refractivity contribution in [3.63, 3.8) is 0 Å². The summed E-state index contributed by atoms with van der Waals surface area (Å²) >= 11 is 0. The maximum absolute atomic E-state index is 12.5. The summed E-state index contributed by atoms with van der Waals surface area (Å²) in [6.45, 7) is 1.45. The lowest BCUT2D eigenvalue weighted by molar-refractivity contribution is -0.114. The highest BCUT2D eigenvalue weighted by Gasteiger charge is 2.14. The fraction of sp³-hybridized carbons (Fsp3) is 0.176. The molecule has 22 heavy (non-hydrogen) atoms. The van der Waals surface area contributed by atoms with E-state index in [0.29, 0.717) is 17.0 Å². The number of anilines is 2. The molecule has 114 valence electrons. The van der Waals surface area contributed by atoms with E-state index in [0.717, 1.165) is 5.69 Å². The van der Waals surface area contributed by atoms with Crippen molar-refractivity contribution >= 4 is 23.2 Å². The molecule has 0 aliphatic carbocycles. The number of ether oxygens (including phenoxy) is 1. The van der Waals surface area contributed by atoms with Crippen LogP contribution in [0.4, 0.5) is 11.4 Å². The van der Waals surface area contributed by atoms with E-state index in [1.807, 2.05) is 0 Å². The van der Waals surface area contributed by atoms with E-state index in [-0.39, 0.29) is 11.8 Å². The molecule has 0 heterocycles. The Morgan fingerprint density at radius 3 is 2.36 bits per heavy atom. The number of carbonyl (C=O) groups excluding carboxylic acids is 2. The summed E-state index contributed by atoms with van der Waals surface area (Å²) in [6, 6.07) is 14.1. The van der Waals surface area contributed by atoms with Crippen LogP contribution < -0.4 is 15.0 Å². The Hall–Kier alpha value is -2.82. The molecule has 0 radical (unpaired) electrons. The van der Waals surface area contributed by atoms with Gasteiger partial charge in [0.2, 0.25) is 5.91 Å². The topological polar surface area (TPSA) is 58.6 Å². The van der Waals surface area contributed by atoms with Crippen LogP contribution in [0.3, 0.4) is 0 Å². The van der Waals surface area contributed by atoms with Gasteiger partial charge in [-0.25, -0.2) is 0 Å². The summed E-state index contributed by atoms with van der Waals surface area (Å²) in [5, 5.41) is 2.69. The second kappa shape index (κ2) is 6.76. The molecule has 0 aliphatic heterocycles. The van der Waals surface area contributed by atoms with Crippen LogP contribution in [-0.2, 0) is 4.79 Å². The van der Waals surface area contributed by atoms with Gasteiger partial charge in [0.1, 0.15) is 5.75 Å². The van der Waals surface area contributed by atoms with Gasteiger partial charge in [-0.15, -0.1) is 0 Å². The molecule has 0 bridgehead atoms. The molecule has 0 saturated carbocycles. The maximum Gasteiger partial charge on any atom is 0.258 e. The summed E-state index contributed by atoms with van der Waals surface area (Å²) in [5.41, 5.74) is 1.98. The van der Waals surface area contributed by atoms with Gasteiger partial charge in [-0.1, -0.05) is 6.07 Å². The molecule has 5 nitrogen and oxygen atoms in total. The van der Waals surface area contributed by atoms with Gasteiger partial charge in [0.25, 0.3) is 5.91 Å². The van der Waals surface area contributed by atoms with E-state index in [4.69, 9.17) is 4.74 Å². The third-order valence-corrected chi connectivity index (χ3v) is 3.20. The minimum absolute atomic E-state index is 0.131. The number of nitrogens with zero attached hydrogens (tertiary/aromatic N) is 1. The van der Waals surface area contributed by atoms with E-state index in [1.165, 1.54) is 6.92 Å². The van der Waals surface area contributed by atoms with Gasteiger partial charge < -0.3 is 15.0 Å². The number of carbonyl (C=O) groups is 2. The van der Waals surface area contributed by atoms with E-state index < -0.39 is 0 Å². The van der Waals surface area contributed by atoms with Crippen LogP contribution in [0.1, 0.15) is 17.3 Å². The lowest BCUT2D eigenvalue weighted by atomic mass is 10.1. The Balaban J connectivity index is 2.17. The summed E-state index contributed by atoms with van der Waals surface area (Å²) in [7, 11) is 3.27. The molecule has 0 aromatic heterocycles. The molecule has 2 aromatic rings. The van der Waals surface area contributed by atoms with Crippen LogP contribution in [-0.4, -0.2) is 26.0 Å². The summed E-state index contributed by atoms with van der Waals surface area (Å²) < 4.78 is 5.13. The SMILES string of the molecule is COc1cccc(C(=O)N(C)c2ccc(NC(C)=O)cc2)c1. The zero-order valence-corrected chi connectivity index (χ0v) is 12.8. The van der Waals surface area contributed by atoms with Crippen molar-refractivity contribution in [2.75, 3.05) is 24.4 Å². The fourth-order valence-electron chi connectivity index (χ4n) is 2.04. The number of amides is 2. The minimum Gasteiger partial charge on any atom is -0.497 e. The van der Waals surface area contributed by atoms with Crippen molar-refractivity contribution in [1.82, 2.24) is 0 Å². The standard InChI is InChI=1S/C17H18N2O3/c1-12(20)18-14-7-9-15(10-8-14)19(2)17(21)13-5-4-6-16(11-13)22-3/h4-11H,1-3H3,(H,18,20). The minimum atomic E-state index is -0.133. The average Bonchev–Trinajstić information content (AvgIpc) is 2.53. The predicted octanol–water partition coefficient (Wildman–Crippen LogP) is 2.93. The lowest BCUT2D eigenvalue weighted by Crippen LogP contribution is -2.26. The molecule has 1 N–H and O–H groups in total. The van der Waals surface area contributed by atoms with Crippen LogP contribution in [0.15, 0.2) is 48.5 Å². The van der Waals surface area contributed by atoms with Gasteiger partial charge in [0.05, 0.1) is 7.11 Å². The van der Waals surface area contributed by atoms with E-state index in [2.05, 4.69) is 5.32 Å². The van der Waals surface area contributed by atoms with Gasteiger partial charge in [-0.05, 0) is 42.5 Å². The quantitative estimate of drug-likeness (QED) is 0.944. The molecule has 0 spiro atoms. The Kier molecular flexibility index (Phi) is 4.78. The van der Waals surface area contributed by atoms with E-state index in [9.17, 15) is 9.59 Å². The van der Waals surface area contributed by atoms with E-state index >= 15 is 0 Å². The Morgan fingerprint density at radius 1 is 1.09 bits per heavy atom. The molecule has 0 aliphatic rings. The largest absolute Gasteiger partial charge is 0.497 e. The van der Waals surface area contributed by atoms with E-state index in [1.54, 1.807) is 67.6 Å². The number of benzene rings is 2. The first kappa shape index (κ1) is 15.6. The zero-order valence-electron chi connectivity index (χ0n) is 12.8. The summed E-state index contributed by atoms with van der Waals surface area (Å²) in [4.78, 5) is 25.0. The zero-order chi connectivity index (χ0) is 16.1.